The minimum Gasteiger partial charge on any atom is -0.477 e. The highest BCUT2D eigenvalue weighted by molar-refractivity contribution is 9.10. The number of fused-ring (bicyclic) bond motifs is 1. The van der Waals surface area contributed by atoms with E-state index in [1.54, 1.807) is 10.7 Å². The lowest BCUT2D eigenvalue weighted by atomic mass is 10.3. The second-order valence-electron chi connectivity index (χ2n) is 4.11. The van der Waals surface area contributed by atoms with Gasteiger partial charge in [-0.1, -0.05) is 22.0 Å². The van der Waals surface area contributed by atoms with Crippen LogP contribution in [0.1, 0.15) is 15.4 Å². The van der Waals surface area contributed by atoms with E-state index < -0.39 is 5.97 Å². The average Bonchev–Trinajstić information content (AvgIpc) is 2.90. The number of aromatic carboxylic acids is 1. The first-order valence-electron chi connectivity index (χ1n) is 5.54. The van der Waals surface area contributed by atoms with Gasteiger partial charge < -0.3 is 5.11 Å². The zero-order chi connectivity index (χ0) is 13.6. The molecule has 1 aromatic carbocycles. The summed E-state index contributed by atoms with van der Waals surface area (Å²) >= 11 is 4.67. The molecule has 1 N–H and O–H groups in total. The lowest BCUT2D eigenvalue weighted by Crippen LogP contribution is -1.96. The first-order valence-corrected chi connectivity index (χ1v) is 7.15. The molecule has 3 aromatic rings. The quantitative estimate of drug-likeness (QED) is 0.773. The van der Waals surface area contributed by atoms with E-state index in [4.69, 9.17) is 5.11 Å². The van der Waals surface area contributed by atoms with Gasteiger partial charge in [-0.3, -0.25) is 0 Å². The maximum absolute atomic E-state index is 11.1. The van der Waals surface area contributed by atoms with Gasteiger partial charge in [0.2, 0.25) is 0 Å². The number of carbonyl (C=O) groups is 1. The molecular weight excluding hydrogens is 328 g/mol. The third-order valence-corrected chi connectivity index (χ3v) is 4.40. The van der Waals surface area contributed by atoms with Crippen LogP contribution in [0, 0.1) is 6.92 Å². The van der Waals surface area contributed by atoms with E-state index >= 15 is 0 Å². The van der Waals surface area contributed by atoms with Crippen molar-refractivity contribution < 1.29 is 9.90 Å². The van der Waals surface area contributed by atoms with Crippen molar-refractivity contribution in [2.75, 3.05) is 0 Å². The molecule has 3 rings (SSSR count). The summed E-state index contributed by atoms with van der Waals surface area (Å²) in [4.78, 5) is 12.2. The van der Waals surface area contributed by atoms with Crippen LogP contribution >= 0.6 is 27.3 Å². The van der Waals surface area contributed by atoms with E-state index in [2.05, 4.69) is 21.0 Å². The number of benzene rings is 1. The van der Waals surface area contributed by atoms with Gasteiger partial charge in [-0.25, -0.2) is 9.48 Å². The topological polar surface area (TPSA) is 55.1 Å². The lowest BCUT2D eigenvalue weighted by Gasteiger charge is -2.02. The number of nitrogens with zero attached hydrogens (tertiary/aromatic N) is 2. The van der Waals surface area contributed by atoms with E-state index in [1.165, 1.54) is 11.3 Å². The Kier molecular flexibility index (Phi) is 2.91. The maximum Gasteiger partial charge on any atom is 0.345 e. The number of rotatable bonds is 2. The van der Waals surface area contributed by atoms with Gasteiger partial charge in [0, 0.05) is 9.86 Å². The second-order valence-corrected chi connectivity index (χ2v) is 6.06. The number of hydrogen-bond donors (Lipinski definition) is 1. The van der Waals surface area contributed by atoms with Gasteiger partial charge in [-0.2, -0.15) is 5.10 Å². The molecule has 0 unspecified atom stereocenters. The molecule has 0 aliphatic heterocycles. The third-order valence-electron chi connectivity index (χ3n) is 2.81. The molecule has 0 radical (unpaired) electrons. The van der Waals surface area contributed by atoms with Gasteiger partial charge in [-0.05, 0) is 31.2 Å². The Balaban J connectivity index is 2.26. The number of aryl methyl sites for hydroxylation is 1. The van der Waals surface area contributed by atoms with Crippen LogP contribution < -0.4 is 0 Å². The molecule has 2 heterocycles. The molecule has 0 bridgehead atoms. The minimum absolute atomic E-state index is 0.333. The van der Waals surface area contributed by atoms with Gasteiger partial charge in [-0.15, -0.1) is 11.3 Å². The molecular formula is C13H9BrN2O2S. The predicted octanol–water partition coefficient (Wildman–Crippen LogP) is 3.86. The summed E-state index contributed by atoms with van der Waals surface area (Å²) in [6.07, 6.45) is 0. The van der Waals surface area contributed by atoms with Crippen LogP contribution in [-0.2, 0) is 0 Å². The molecule has 0 amide bonds. The van der Waals surface area contributed by atoms with Crippen molar-refractivity contribution in [3.8, 4) is 5.69 Å². The summed E-state index contributed by atoms with van der Waals surface area (Å²) in [5, 5.41) is 14.4. The molecule has 6 heteroatoms. The zero-order valence-corrected chi connectivity index (χ0v) is 12.3. The fourth-order valence-corrected chi connectivity index (χ4v) is 3.34. The second kappa shape index (κ2) is 4.47. The molecule has 0 atom stereocenters. The van der Waals surface area contributed by atoms with E-state index in [0.717, 1.165) is 26.1 Å². The fraction of sp³-hybridized carbons (Fsp3) is 0.0769. The Morgan fingerprint density at radius 3 is 2.89 bits per heavy atom. The van der Waals surface area contributed by atoms with Crippen LogP contribution in [0.25, 0.3) is 15.9 Å². The van der Waals surface area contributed by atoms with E-state index in [-0.39, 0.29) is 0 Å². The van der Waals surface area contributed by atoms with Crippen molar-refractivity contribution in [2.45, 2.75) is 6.92 Å². The van der Waals surface area contributed by atoms with Crippen molar-refractivity contribution in [2.24, 2.45) is 0 Å². The standard InChI is InChI=1S/C13H9BrN2O2S/c1-7-10-6-11(13(17)18)19-12(10)16(15-7)9-4-2-3-8(14)5-9/h2-6H,1H3,(H,17,18). The number of halogens is 1. The van der Waals surface area contributed by atoms with Gasteiger partial charge in [0.15, 0.2) is 0 Å². The number of carboxylic acid groups (broad SMARTS) is 1. The van der Waals surface area contributed by atoms with Gasteiger partial charge in [0.1, 0.15) is 9.71 Å². The predicted molar refractivity (Wildman–Crippen MR) is 78.3 cm³/mol. The first-order chi connectivity index (χ1) is 9.06. The first kappa shape index (κ1) is 12.4. The summed E-state index contributed by atoms with van der Waals surface area (Å²) in [6.45, 7) is 1.88. The summed E-state index contributed by atoms with van der Waals surface area (Å²) in [6, 6.07) is 9.43. The Bertz CT molecular complexity index is 791. The highest BCUT2D eigenvalue weighted by Gasteiger charge is 2.16. The lowest BCUT2D eigenvalue weighted by molar-refractivity contribution is 0.0702. The molecule has 19 heavy (non-hydrogen) atoms. The van der Waals surface area contributed by atoms with Crippen molar-refractivity contribution in [3.05, 3.63) is 45.4 Å². The highest BCUT2D eigenvalue weighted by Crippen LogP contribution is 2.30. The normalized spacial score (nSPS) is 11.1. The molecule has 0 saturated heterocycles. The van der Waals surface area contributed by atoms with Crippen molar-refractivity contribution in [1.82, 2.24) is 9.78 Å². The zero-order valence-electron chi connectivity index (χ0n) is 9.92. The summed E-state index contributed by atoms with van der Waals surface area (Å²) in [5.74, 6) is -0.901. The monoisotopic (exact) mass is 336 g/mol. The van der Waals surface area contributed by atoms with Crippen LogP contribution in [-0.4, -0.2) is 20.9 Å². The molecule has 0 saturated carbocycles. The minimum atomic E-state index is -0.901. The van der Waals surface area contributed by atoms with Gasteiger partial charge in [0.05, 0.1) is 11.4 Å². The number of carboxylic acids is 1. The third kappa shape index (κ3) is 2.06. The summed E-state index contributed by atoms with van der Waals surface area (Å²) in [7, 11) is 0. The van der Waals surface area contributed by atoms with Crippen LogP contribution in [0.15, 0.2) is 34.8 Å². The SMILES string of the molecule is Cc1nn(-c2cccc(Br)c2)c2sc(C(=O)O)cc12. The molecule has 0 spiro atoms. The number of hydrogen-bond acceptors (Lipinski definition) is 3. The Morgan fingerprint density at radius 1 is 1.42 bits per heavy atom. The average molecular weight is 337 g/mol. The summed E-state index contributed by atoms with van der Waals surface area (Å²) in [5.41, 5.74) is 1.74. The van der Waals surface area contributed by atoms with Crippen LogP contribution in [0.3, 0.4) is 0 Å². The van der Waals surface area contributed by atoms with Crippen LogP contribution in [0.2, 0.25) is 0 Å². The molecule has 0 aliphatic carbocycles. The summed E-state index contributed by atoms with van der Waals surface area (Å²) < 4.78 is 2.74. The van der Waals surface area contributed by atoms with Crippen molar-refractivity contribution in [1.29, 1.82) is 0 Å². The van der Waals surface area contributed by atoms with Crippen molar-refractivity contribution in [3.63, 3.8) is 0 Å². The Labute approximate surface area is 121 Å². The van der Waals surface area contributed by atoms with Crippen LogP contribution in [0.5, 0.6) is 0 Å². The van der Waals surface area contributed by atoms with Crippen LogP contribution in [0.4, 0.5) is 0 Å². The number of aromatic nitrogens is 2. The number of thiophene rings is 1. The van der Waals surface area contributed by atoms with Gasteiger partial charge >= 0.3 is 5.97 Å². The molecule has 96 valence electrons. The smallest absolute Gasteiger partial charge is 0.345 e. The van der Waals surface area contributed by atoms with E-state index in [9.17, 15) is 4.79 Å². The van der Waals surface area contributed by atoms with E-state index in [1.807, 2.05) is 31.2 Å². The highest BCUT2D eigenvalue weighted by atomic mass is 79.9. The Hall–Kier alpha value is -1.66. The van der Waals surface area contributed by atoms with Crippen molar-refractivity contribution >= 4 is 43.5 Å². The fourth-order valence-electron chi connectivity index (χ4n) is 1.94. The Morgan fingerprint density at radius 2 is 2.21 bits per heavy atom. The van der Waals surface area contributed by atoms with E-state index in [0.29, 0.717) is 4.88 Å². The molecule has 0 fully saturated rings. The molecule has 2 aromatic heterocycles. The van der Waals surface area contributed by atoms with Gasteiger partial charge in [0.25, 0.3) is 0 Å². The largest absolute Gasteiger partial charge is 0.477 e. The molecule has 0 aliphatic rings. The molecule has 4 nitrogen and oxygen atoms in total. The maximum atomic E-state index is 11.1.